The van der Waals surface area contributed by atoms with Gasteiger partial charge in [-0.2, -0.15) is 13.2 Å². The van der Waals surface area contributed by atoms with Gasteiger partial charge < -0.3 is 14.8 Å². The fraction of sp³-hybridized carbons (Fsp3) is 0.294. The predicted molar refractivity (Wildman–Crippen MR) is 82.4 cm³/mol. The van der Waals surface area contributed by atoms with Gasteiger partial charge in [0.2, 0.25) is 0 Å². The SMILES string of the molecule is CCc1oc(C(=O)NC(C)c2cccc(C(F)(F)F)c2)cc1C(=O)O. The second kappa shape index (κ2) is 7.00. The molecule has 8 heteroatoms. The first-order valence-electron chi connectivity index (χ1n) is 7.47. The fourth-order valence-electron chi connectivity index (χ4n) is 2.32. The molecule has 1 aromatic heterocycles. The Kier molecular flexibility index (Phi) is 5.20. The fourth-order valence-corrected chi connectivity index (χ4v) is 2.32. The molecule has 1 atom stereocenters. The van der Waals surface area contributed by atoms with Crippen LogP contribution in [-0.2, 0) is 12.6 Å². The Balaban J connectivity index is 2.19. The number of amides is 1. The van der Waals surface area contributed by atoms with Gasteiger partial charge in [-0.1, -0.05) is 19.1 Å². The highest BCUT2D eigenvalue weighted by atomic mass is 19.4. The highest BCUT2D eigenvalue weighted by Crippen LogP contribution is 2.30. The van der Waals surface area contributed by atoms with Crippen molar-refractivity contribution < 1.29 is 32.3 Å². The molecule has 0 bridgehead atoms. The van der Waals surface area contributed by atoms with Gasteiger partial charge in [0.05, 0.1) is 11.6 Å². The van der Waals surface area contributed by atoms with Crippen molar-refractivity contribution in [2.24, 2.45) is 0 Å². The van der Waals surface area contributed by atoms with Gasteiger partial charge in [-0.15, -0.1) is 0 Å². The number of hydrogen-bond donors (Lipinski definition) is 2. The lowest BCUT2D eigenvalue weighted by molar-refractivity contribution is -0.137. The van der Waals surface area contributed by atoms with Gasteiger partial charge in [0.15, 0.2) is 5.76 Å². The summed E-state index contributed by atoms with van der Waals surface area (Å²) in [5.74, 6) is -1.96. The molecule has 1 heterocycles. The normalized spacial score (nSPS) is 12.7. The Bertz CT molecular complexity index is 795. The van der Waals surface area contributed by atoms with Crippen LogP contribution in [0.1, 0.15) is 57.7 Å². The molecule has 25 heavy (non-hydrogen) atoms. The van der Waals surface area contributed by atoms with Crippen molar-refractivity contribution in [3.05, 3.63) is 58.5 Å². The third kappa shape index (κ3) is 4.20. The Labute approximate surface area is 141 Å². The van der Waals surface area contributed by atoms with E-state index in [-0.39, 0.29) is 29.1 Å². The monoisotopic (exact) mass is 355 g/mol. The maximum absolute atomic E-state index is 12.8. The molecule has 2 aromatic rings. The summed E-state index contributed by atoms with van der Waals surface area (Å²) in [6.07, 6.45) is -4.19. The number of rotatable bonds is 5. The van der Waals surface area contributed by atoms with E-state index in [9.17, 15) is 22.8 Å². The molecule has 1 unspecified atom stereocenters. The van der Waals surface area contributed by atoms with Crippen molar-refractivity contribution in [3.8, 4) is 0 Å². The van der Waals surface area contributed by atoms with Gasteiger partial charge in [0.25, 0.3) is 5.91 Å². The molecule has 1 amide bonds. The molecule has 0 aliphatic carbocycles. The third-order valence-corrected chi connectivity index (χ3v) is 3.65. The topological polar surface area (TPSA) is 79.5 Å². The zero-order valence-electron chi connectivity index (χ0n) is 13.5. The number of hydrogen-bond acceptors (Lipinski definition) is 3. The number of carbonyl (C=O) groups is 2. The molecule has 2 N–H and O–H groups in total. The smallest absolute Gasteiger partial charge is 0.416 e. The van der Waals surface area contributed by atoms with Crippen molar-refractivity contribution >= 4 is 11.9 Å². The zero-order valence-corrected chi connectivity index (χ0v) is 13.5. The molecule has 0 spiro atoms. The average molecular weight is 355 g/mol. The Morgan fingerprint density at radius 1 is 1.28 bits per heavy atom. The van der Waals surface area contributed by atoms with Crippen LogP contribution in [0.5, 0.6) is 0 Å². The summed E-state index contributed by atoms with van der Waals surface area (Å²) in [4.78, 5) is 23.3. The summed E-state index contributed by atoms with van der Waals surface area (Å²) >= 11 is 0. The van der Waals surface area contributed by atoms with E-state index in [1.807, 2.05) is 0 Å². The summed E-state index contributed by atoms with van der Waals surface area (Å²) in [5, 5.41) is 11.6. The summed E-state index contributed by atoms with van der Waals surface area (Å²) in [7, 11) is 0. The quantitative estimate of drug-likeness (QED) is 0.848. The van der Waals surface area contributed by atoms with E-state index >= 15 is 0 Å². The number of carbonyl (C=O) groups excluding carboxylic acids is 1. The van der Waals surface area contributed by atoms with Gasteiger partial charge in [0, 0.05) is 12.5 Å². The summed E-state index contributed by atoms with van der Waals surface area (Å²) < 4.78 is 43.5. The van der Waals surface area contributed by atoms with Crippen LogP contribution in [-0.4, -0.2) is 17.0 Å². The number of halogens is 3. The molecule has 0 saturated carbocycles. The van der Waals surface area contributed by atoms with Gasteiger partial charge >= 0.3 is 12.1 Å². The summed E-state index contributed by atoms with van der Waals surface area (Å²) in [6.45, 7) is 3.20. The van der Waals surface area contributed by atoms with Gasteiger partial charge in [-0.25, -0.2) is 4.79 Å². The lowest BCUT2D eigenvalue weighted by Gasteiger charge is -2.15. The van der Waals surface area contributed by atoms with Crippen LogP contribution in [0.4, 0.5) is 13.2 Å². The molecule has 0 aliphatic heterocycles. The third-order valence-electron chi connectivity index (χ3n) is 3.65. The molecule has 2 rings (SSSR count). The number of nitrogens with one attached hydrogen (secondary N) is 1. The number of aromatic carboxylic acids is 1. The minimum Gasteiger partial charge on any atom is -0.478 e. The molecular weight excluding hydrogens is 339 g/mol. The van der Waals surface area contributed by atoms with Crippen LogP contribution >= 0.6 is 0 Å². The van der Waals surface area contributed by atoms with E-state index < -0.39 is 29.7 Å². The van der Waals surface area contributed by atoms with Crippen molar-refractivity contribution in [2.45, 2.75) is 32.5 Å². The maximum atomic E-state index is 12.8. The zero-order chi connectivity index (χ0) is 18.8. The maximum Gasteiger partial charge on any atom is 0.416 e. The molecule has 5 nitrogen and oxygen atoms in total. The highest BCUT2D eigenvalue weighted by molar-refractivity contribution is 5.96. The standard InChI is InChI=1S/C17H16F3NO4/c1-3-13-12(16(23)24)8-14(25-13)15(22)21-9(2)10-5-4-6-11(7-10)17(18,19)20/h4-9H,3H2,1-2H3,(H,21,22)(H,23,24). The van der Waals surface area contributed by atoms with Crippen LogP contribution in [0.25, 0.3) is 0 Å². The number of carboxylic acid groups (broad SMARTS) is 1. The summed E-state index contributed by atoms with van der Waals surface area (Å²) in [5.41, 5.74) is -0.659. The molecular formula is C17H16F3NO4. The van der Waals surface area contributed by atoms with Crippen LogP contribution in [0, 0.1) is 0 Å². The van der Waals surface area contributed by atoms with Crippen LogP contribution < -0.4 is 5.32 Å². The average Bonchev–Trinajstić information content (AvgIpc) is 2.99. The minimum absolute atomic E-state index is 0.112. The van der Waals surface area contributed by atoms with E-state index in [4.69, 9.17) is 9.52 Å². The van der Waals surface area contributed by atoms with Crippen molar-refractivity contribution in [1.82, 2.24) is 5.32 Å². The predicted octanol–water partition coefficient (Wildman–Crippen LogP) is 4.05. The first-order chi connectivity index (χ1) is 11.6. The molecule has 0 aliphatic rings. The van der Waals surface area contributed by atoms with Crippen molar-refractivity contribution in [1.29, 1.82) is 0 Å². The molecule has 1 aromatic carbocycles. The number of benzene rings is 1. The van der Waals surface area contributed by atoms with E-state index in [1.165, 1.54) is 19.1 Å². The highest BCUT2D eigenvalue weighted by Gasteiger charge is 2.31. The van der Waals surface area contributed by atoms with Crippen molar-refractivity contribution in [3.63, 3.8) is 0 Å². The van der Waals surface area contributed by atoms with E-state index in [2.05, 4.69) is 5.32 Å². The molecule has 0 fully saturated rings. The number of furan rings is 1. The first kappa shape index (κ1) is 18.6. The van der Waals surface area contributed by atoms with Crippen LogP contribution in [0.3, 0.4) is 0 Å². The first-order valence-corrected chi connectivity index (χ1v) is 7.47. The van der Waals surface area contributed by atoms with Crippen molar-refractivity contribution in [2.75, 3.05) is 0 Å². The van der Waals surface area contributed by atoms with E-state index in [0.29, 0.717) is 0 Å². The second-order valence-electron chi connectivity index (χ2n) is 5.42. The van der Waals surface area contributed by atoms with Gasteiger partial charge in [0.1, 0.15) is 11.3 Å². The van der Waals surface area contributed by atoms with E-state index in [0.717, 1.165) is 18.2 Å². The molecule has 134 valence electrons. The van der Waals surface area contributed by atoms with Crippen LogP contribution in [0.15, 0.2) is 34.7 Å². The lowest BCUT2D eigenvalue weighted by Crippen LogP contribution is -2.26. The van der Waals surface area contributed by atoms with Crippen LogP contribution in [0.2, 0.25) is 0 Å². The van der Waals surface area contributed by atoms with E-state index in [1.54, 1.807) is 6.92 Å². The van der Waals surface area contributed by atoms with Gasteiger partial charge in [-0.3, -0.25) is 4.79 Å². The molecule has 0 saturated heterocycles. The molecule has 0 radical (unpaired) electrons. The minimum atomic E-state index is -4.48. The number of aryl methyl sites for hydroxylation is 1. The number of alkyl halides is 3. The largest absolute Gasteiger partial charge is 0.478 e. The van der Waals surface area contributed by atoms with Gasteiger partial charge in [-0.05, 0) is 24.6 Å². The Hall–Kier alpha value is -2.77. The Morgan fingerprint density at radius 2 is 1.96 bits per heavy atom. The Morgan fingerprint density at radius 3 is 2.48 bits per heavy atom. The second-order valence-corrected chi connectivity index (χ2v) is 5.42. The lowest BCUT2D eigenvalue weighted by atomic mass is 10.0. The number of carboxylic acids is 1. The summed E-state index contributed by atoms with van der Waals surface area (Å²) in [6, 6.07) is 4.99.